The van der Waals surface area contributed by atoms with E-state index in [0.29, 0.717) is 18.8 Å². The van der Waals surface area contributed by atoms with Crippen molar-refractivity contribution in [2.75, 3.05) is 24.6 Å². The van der Waals surface area contributed by atoms with Crippen molar-refractivity contribution in [2.45, 2.75) is 32.2 Å². The van der Waals surface area contributed by atoms with Crippen molar-refractivity contribution in [3.8, 4) is 0 Å². The lowest BCUT2D eigenvalue weighted by atomic mass is 10.0. The van der Waals surface area contributed by atoms with E-state index in [1.165, 1.54) is 0 Å². The van der Waals surface area contributed by atoms with Crippen molar-refractivity contribution in [1.29, 1.82) is 0 Å². The maximum Gasteiger partial charge on any atom is 0.305 e. The smallest absolute Gasteiger partial charge is 0.305 e. The number of carbonyl (C=O) groups excluding carboxylic acids is 1. The summed E-state index contributed by atoms with van der Waals surface area (Å²) in [7, 11) is 0. The highest BCUT2D eigenvalue weighted by molar-refractivity contribution is 7.99. The number of nitrogens with zero attached hydrogens (tertiary/aromatic N) is 1. The van der Waals surface area contributed by atoms with Crippen LogP contribution in [-0.2, 0) is 9.59 Å². The van der Waals surface area contributed by atoms with Gasteiger partial charge in [0, 0.05) is 24.6 Å². The van der Waals surface area contributed by atoms with Crippen molar-refractivity contribution in [1.82, 2.24) is 4.90 Å². The van der Waals surface area contributed by atoms with Crippen LogP contribution in [0.2, 0.25) is 0 Å². The van der Waals surface area contributed by atoms with Crippen LogP contribution in [0.3, 0.4) is 0 Å². The molecule has 6 heteroatoms. The lowest BCUT2D eigenvalue weighted by molar-refractivity contribution is -0.142. The summed E-state index contributed by atoms with van der Waals surface area (Å²) in [5, 5.41) is 8.89. The molecule has 2 unspecified atom stereocenters. The number of carbonyl (C=O) groups is 2. The zero-order valence-corrected chi connectivity index (χ0v) is 11.6. The van der Waals surface area contributed by atoms with Gasteiger partial charge in [-0.25, -0.2) is 0 Å². The molecule has 104 valence electrons. The first-order chi connectivity index (χ1) is 8.60. The third kappa shape index (κ3) is 4.17. The van der Waals surface area contributed by atoms with Gasteiger partial charge in [0.05, 0.1) is 18.4 Å². The number of aliphatic carboxylic acids is 1. The molecule has 0 aromatic carbocycles. The summed E-state index contributed by atoms with van der Waals surface area (Å²) < 4.78 is 0. The fourth-order valence-electron chi connectivity index (χ4n) is 2.24. The molecule has 0 radical (unpaired) electrons. The summed E-state index contributed by atoms with van der Waals surface area (Å²) in [5.74, 6) is 0.618. The molecule has 1 saturated heterocycles. The topological polar surface area (TPSA) is 83.6 Å². The number of hydrogen-bond donors (Lipinski definition) is 2. The van der Waals surface area contributed by atoms with Gasteiger partial charge in [-0.2, -0.15) is 11.8 Å². The van der Waals surface area contributed by atoms with Crippen LogP contribution in [0.4, 0.5) is 0 Å². The molecule has 0 aliphatic carbocycles. The van der Waals surface area contributed by atoms with Gasteiger partial charge in [-0.3, -0.25) is 9.59 Å². The number of carboxylic acid groups (broad SMARTS) is 1. The Morgan fingerprint density at radius 1 is 1.56 bits per heavy atom. The second kappa shape index (κ2) is 7.63. The molecule has 5 nitrogen and oxygen atoms in total. The van der Waals surface area contributed by atoms with Crippen LogP contribution < -0.4 is 5.73 Å². The van der Waals surface area contributed by atoms with Crippen LogP contribution in [0, 0.1) is 5.92 Å². The van der Waals surface area contributed by atoms with Gasteiger partial charge >= 0.3 is 5.97 Å². The van der Waals surface area contributed by atoms with Gasteiger partial charge in [-0.05, 0) is 6.42 Å². The lowest BCUT2D eigenvalue weighted by Gasteiger charge is -2.36. The number of carboxylic acids is 1. The molecule has 0 aromatic rings. The minimum atomic E-state index is -0.847. The first kappa shape index (κ1) is 15.3. The van der Waals surface area contributed by atoms with Crippen LogP contribution in [-0.4, -0.2) is 52.5 Å². The lowest BCUT2D eigenvalue weighted by Crippen LogP contribution is -2.50. The van der Waals surface area contributed by atoms with E-state index in [-0.39, 0.29) is 24.3 Å². The third-order valence-corrected chi connectivity index (χ3v) is 4.28. The fourth-order valence-corrected chi connectivity index (χ4v) is 3.30. The first-order valence-electron chi connectivity index (χ1n) is 6.40. The van der Waals surface area contributed by atoms with E-state index in [1.54, 1.807) is 16.7 Å². The fraction of sp³-hybridized carbons (Fsp3) is 0.833. The van der Waals surface area contributed by atoms with E-state index in [4.69, 9.17) is 10.8 Å². The monoisotopic (exact) mass is 274 g/mol. The number of thioether (sulfide) groups is 1. The summed E-state index contributed by atoms with van der Waals surface area (Å²) in [5.41, 5.74) is 5.64. The number of hydrogen-bond acceptors (Lipinski definition) is 4. The standard InChI is InChI=1S/C12H22N2O3S/c1-2-3-9(7-13)12(17)14-4-5-18-8-10(14)6-11(15)16/h9-10H,2-8,13H2,1H3,(H,15,16). The maximum atomic E-state index is 12.4. The highest BCUT2D eigenvalue weighted by atomic mass is 32.2. The molecule has 1 aliphatic rings. The Labute approximate surface area is 112 Å². The zero-order valence-electron chi connectivity index (χ0n) is 10.8. The highest BCUT2D eigenvalue weighted by Gasteiger charge is 2.31. The summed E-state index contributed by atoms with van der Waals surface area (Å²) in [4.78, 5) is 24.9. The highest BCUT2D eigenvalue weighted by Crippen LogP contribution is 2.22. The Bertz CT molecular complexity index is 299. The van der Waals surface area contributed by atoms with E-state index in [9.17, 15) is 9.59 Å². The van der Waals surface area contributed by atoms with Gasteiger partial charge in [0.15, 0.2) is 0 Å². The SMILES string of the molecule is CCCC(CN)C(=O)N1CCSCC1CC(=O)O. The minimum Gasteiger partial charge on any atom is -0.481 e. The van der Waals surface area contributed by atoms with Crippen LogP contribution in [0.5, 0.6) is 0 Å². The van der Waals surface area contributed by atoms with Crippen LogP contribution in [0.15, 0.2) is 0 Å². The Morgan fingerprint density at radius 3 is 2.83 bits per heavy atom. The van der Waals surface area contributed by atoms with Crippen molar-refractivity contribution < 1.29 is 14.7 Å². The molecule has 18 heavy (non-hydrogen) atoms. The molecule has 0 aromatic heterocycles. The van der Waals surface area contributed by atoms with E-state index >= 15 is 0 Å². The molecule has 1 amide bonds. The number of rotatable bonds is 6. The van der Waals surface area contributed by atoms with E-state index in [0.717, 1.165) is 18.6 Å². The van der Waals surface area contributed by atoms with Gasteiger partial charge in [0.1, 0.15) is 0 Å². The average Bonchev–Trinajstić information content (AvgIpc) is 2.35. The number of amides is 1. The van der Waals surface area contributed by atoms with Crippen molar-refractivity contribution >= 4 is 23.6 Å². The largest absolute Gasteiger partial charge is 0.481 e. The van der Waals surface area contributed by atoms with Gasteiger partial charge in [0.25, 0.3) is 0 Å². The quantitative estimate of drug-likeness (QED) is 0.748. The van der Waals surface area contributed by atoms with Crippen molar-refractivity contribution in [3.63, 3.8) is 0 Å². The van der Waals surface area contributed by atoms with Gasteiger partial charge in [-0.1, -0.05) is 13.3 Å². The summed E-state index contributed by atoms with van der Waals surface area (Å²) in [6.45, 7) is 3.01. The summed E-state index contributed by atoms with van der Waals surface area (Å²) >= 11 is 1.71. The zero-order chi connectivity index (χ0) is 13.5. The third-order valence-electron chi connectivity index (χ3n) is 3.19. The molecule has 1 aliphatic heterocycles. The van der Waals surface area contributed by atoms with Gasteiger partial charge in [-0.15, -0.1) is 0 Å². The molecule has 0 spiro atoms. The first-order valence-corrected chi connectivity index (χ1v) is 7.55. The Hall–Kier alpha value is -0.750. The molecule has 1 fully saturated rings. The van der Waals surface area contributed by atoms with Gasteiger partial charge < -0.3 is 15.7 Å². The van der Waals surface area contributed by atoms with Crippen LogP contribution in [0.25, 0.3) is 0 Å². The average molecular weight is 274 g/mol. The van der Waals surface area contributed by atoms with Crippen molar-refractivity contribution in [3.05, 3.63) is 0 Å². The van der Waals surface area contributed by atoms with Crippen molar-refractivity contribution in [2.24, 2.45) is 11.7 Å². The molecule has 0 saturated carbocycles. The van der Waals surface area contributed by atoms with E-state index < -0.39 is 5.97 Å². The summed E-state index contributed by atoms with van der Waals surface area (Å²) in [6, 6.07) is -0.181. The molecule has 1 heterocycles. The Balaban J connectivity index is 2.69. The molecule has 3 N–H and O–H groups in total. The molecule has 1 rings (SSSR count). The van der Waals surface area contributed by atoms with E-state index in [2.05, 4.69) is 0 Å². The normalized spacial score (nSPS) is 21.7. The Morgan fingerprint density at radius 2 is 2.28 bits per heavy atom. The predicted octanol–water partition coefficient (Wildman–Crippen LogP) is 0.780. The predicted molar refractivity (Wildman–Crippen MR) is 72.5 cm³/mol. The van der Waals surface area contributed by atoms with E-state index in [1.807, 2.05) is 6.92 Å². The minimum absolute atomic E-state index is 0.0299. The maximum absolute atomic E-state index is 12.4. The molecule has 2 atom stereocenters. The number of nitrogens with two attached hydrogens (primary N) is 1. The Kier molecular flexibility index (Phi) is 6.49. The molecular formula is C12H22N2O3S. The van der Waals surface area contributed by atoms with Crippen LogP contribution in [0.1, 0.15) is 26.2 Å². The molecule has 0 bridgehead atoms. The summed E-state index contributed by atoms with van der Waals surface area (Å²) in [6.07, 6.45) is 1.72. The second-order valence-corrected chi connectivity index (χ2v) is 5.73. The second-order valence-electron chi connectivity index (χ2n) is 4.58. The van der Waals surface area contributed by atoms with Crippen LogP contribution >= 0.6 is 11.8 Å². The van der Waals surface area contributed by atoms with Gasteiger partial charge in [0.2, 0.25) is 5.91 Å². The molecular weight excluding hydrogens is 252 g/mol.